The average molecular weight is 228 g/mol. The molecule has 0 radical (unpaired) electrons. The van der Waals surface area contributed by atoms with Gasteiger partial charge >= 0.3 is 5.76 Å². The fraction of sp³-hybridized carbons (Fsp3) is 1.00. The summed E-state index contributed by atoms with van der Waals surface area (Å²) in [5.41, 5.74) is 4.46. The highest BCUT2D eigenvalue weighted by atomic mass is 32.2. The van der Waals surface area contributed by atoms with E-state index in [-0.39, 0.29) is 12.5 Å². The van der Waals surface area contributed by atoms with Gasteiger partial charge < -0.3 is 5.73 Å². The van der Waals surface area contributed by atoms with Crippen molar-refractivity contribution in [2.24, 2.45) is 11.7 Å². The molecular weight excluding hydrogens is 214 g/mol. The Morgan fingerprint density at radius 2 is 2.07 bits per heavy atom. The fourth-order valence-electron chi connectivity index (χ4n) is 1.38. The van der Waals surface area contributed by atoms with Crippen LogP contribution in [0.2, 0.25) is 0 Å². The molecule has 0 aliphatic heterocycles. The van der Waals surface area contributed by atoms with Gasteiger partial charge in [-0.25, -0.2) is 13.1 Å². The number of halogens is 2. The smallest absolute Gasteiger partial charge is 0.329 e. The maximum Gasteiger partial charge on any atom is 0.350 e. The van der Waals surface area contributed by atoms with Crippen LogP contribution in [0.25, 0.3) is 0 Å². The van der Waals surface area contributed by atoms with Crippen LogP contribution in [0, 0.1) is 5.92 Å². The molecule has 7 heteroatoms. The number of alkyl halides is 2. The molecule has 1 aliphatic carbocycles. The highest BCUT2D eigenvalue weighted by Gasteiger charge is 2.44. The lowest BCUT2D eigenvalue weighted by atomic mass is 9.98. The molecule has 1 rings (SSSR count). The molecule has 0 saturated heterocycles. The van der Waals surface area contributed by atoms with Crippen LogP contribution in [-0.4, -0.2) is 26.3 Å². The molecule has 84 valence electrons. The van der Waals surface area contributed by atoms with Crippen LogP contribution in [0.5, 0.6) is 0 Å². The molecule has 1 unspecified atom stereocenters. The van der Waals surface area contributed by atoms with E-state index in [9.17, 15) is 17.2 Å². The van der Waals surface area contributed by atoms with Gasteiger partial charge in [0.15, 0.2) is 0 Å². The van der Waals surface area contributed by atoms with Crippen LogP contribution in [0.4, 0.5) is 8.78 Å². The Morgan fingerprint density at radius 3 is 2.36 bits per heavy atom. The van der Waals surface area contributed by atoms with Gasteiger partial charge in [0, 0.05) is 12.1 Å². The van der Waals surface area contributed by atoms with Gasteiger partial charge in [0.2, 0.25) is 0 Å². The maximum absolute atomic E-state index is 12.1. The Morgan fingerprint density at radius 1 is 1.57 bits per heavy atom. The molecule has 14 heavy (non-hydrogen) atoms. The van der Waals surface area contributed by atoms with Crippen molar-refractivity contribution in [1.29, 1.82) is 0 Å². The van der Waals surface area contributed by atoms with Crippen molar-refractivity contribution in [3.8, 4) is 0 Å². The van der Waals surface area contributed by atoms with Crippen molar-refractivity contribution in [1.82, 2.24) is 4.72 Å². The first-order chi connectivity index (χ1) is 6.32. The quantitative estimate of drug-likeness (QED) is 0.708. The minimum Gasteiger partial charge on any atom is -0.329 e. The summed E-state index contributed by atoms with van der Waals surface area (Å²) in [6.45, 7) is 1.59. The SMILES string of the molecule is CC(CN)(NS(=O)(=O)C(F)F)C1CC1. The number of hydrogen-bond donors (Lipinski definition) is 2. The van der Waals surface area contributed by atoms with E-state index in [0.29, 0.717) is 0 Å². The minimum atomic E-state index is -4.54. The molecule has 1 aliphatic rings. The number of rotatable bonds is 5. The molecule has 0 heterocycles. The molecule has 0 aromatic rings. The van der Waals surface area contributed by atoms with E-state index >= 15 is 0 Å². The molecule has 0 aromatic carbocycles. The Hall–Kier alpha value is -0.270. The van der Waals surface area contributed by atoms with Crippen LogP contribution in [0.15, 0.2) is 0 Å². The Balaban J connectivity index is 2.74. The lowest BCUT2D eigenvalue weighted by molar-refractivity contribution is 0.226. The first-order valence-electron chi connectivity index (χ1n) is 4.33. The largest absolute Gasteiger partial charge is 0.350 e. The molecule has 4 nitrogen and oxygen atoms in total. The number of nitrogens with two attached hydrogens (primary N) is 1. The van der Waals surface area contributed by atoms with Gasteiger partial charge in [0.1, 0.15) is 0 Å². The lowest BCUT2D eigenvalue weighted by Crippen LogP contribution is -2.54. The zero-order chi connectivity index (χ0) is 11.0. The lowest BCUT2D eigenvalue weighted by Gasteiger charge is -2.28. The zero-order valence-corrected chi connectivity index (χ0v) is 8.65. The van der Waals surface area contributed by atoms with Crippen molar-refractivity contribution in [3.05, 3.63) is 0 Å². The van der Waals surface area contributed by atoms with E-state index in [4.69, 9.17) is 5.73 Å². The Bertz CT molecular complexity index is 303. The van der Waals surface area contributed by atoms with Crippen molar-refractivity contribution in [2.75, 3.05) is 6.54 Å². The molecule has 0 spiro atoms. The van der Waals surface area contributed by atoms with Crippen molar-refractivity contribution < 1.29 is 17.2 Å². The van der Waals surface area contributed by atoms with Gasteiger partial charge in [-0.05, 0) is 25.7 Å². The van der Waals surface area contributed by atoms with Crippen LogP contribution in [0.3, 0.4) is 0 Å². The third kappa shape index (κ3) is 2.40. The van der Waals surface area contributed by atoms with Crippen molar-refractivity contribution in [2.45, 2.75) is 31.1 Å². The number of sulfonamides is 1. The summed E-state index contributed by atoms with van der Waals surface area (Å²) >= 11 is 0. The minimum absolute atomic E-state index is 0.0314. The van der Waals surface area contributed by atoms with Crippen LogP contribution >= 0.6 is 0 Å². The summed E-state index contributed by atoms with van der Waals surface area (Å²) in [7, 11) is -4.54. The first kappa shape index (κ1) is 11.8. The van der Waals surface area contributed by atoms with Crippen molar-refractivity contribution in [3.63, 3.8) is 0 Å². The summed E-state index contributed by atoms with van der Waals surface area (Å²) in [5, 5.41) is 0. The third-order valence-electron chi connectivity index (χ3n) is 2.51. The molecule has 0 bridgehead atoms. The normalized spacial score (nSPS) is 22.4. The molecule has 1 saturated carbocycles. The summed E-state index contributed by atoms with van der Waals surface area (Å²) in [4.78, 5) is 0. The molecule has 0 aromatic heterocycles. The van der Waals surface area contributed by atoms with E-state index < -0.39 is 21.3 Å². The van der Waals surface area contributed by atoms with Crippen molar-refractivity contribution >= 4 is 10.0 Å². The van der Waals surface area contributed by atoms with Gasteiger partial charge in [-0.15, -0.1) is 0 Å². The van der Waals surface area contributed by atoms with Gasteiger partial charge in [-0.1, -0.05) is 0 Å². The predicted molar refractivity (Wildman–Crippen MR) is 48.2 cm³/mol. The molecular formula is C7H14F2N2O2S. The van der Waals surface area contributed by atoms with Crippen LogP contribution in [-0.2, 0) is 10.0 Å². The van der Waals surface area contributed by atoms with Gasteiger partial charge in [0.25, 0.3) is 10.0 Å². The van der Waals surface area contributed by atoms with Crippen LogP contribution in [0.1, 0.15) is 19.8 Å². The maximum atomic E-state index is 12.1. The fourth-order valence-corrected chi connectivity index (χ4v) is 2.37. The average Bonchev–Trinajstić information content (AvgIpc) is 2.85. The molecule has 1 atom stereocenters. The van der Waals surface area contributed by atoms with Gasteiger partial charge in [0.05, 0.1) is 0 Å². The first-order valence-corrected chi connectivity index (χ1v) is 5.87. The molecule has 0 amide bonds. The third-order valence-corrected chi connectivity index (χ3v) is 3.73. The van der Waals surface area contributed by atoms with E-state index in [2.05, 4.69) is 0 Å². The summed E-state index contributed by atoms with van der Waals surface area (Å²) < 4.78 is 48.0. The Kier molecular flexibility index (Phi) is 3.13. The van der Waals surface area contributed by atoms with Crippen LogP contribution < -0.4 is 10.5 Å². The topological polar surface area (TPSA) is 72.2 Å². The highest BCUT2D eigenvalue weighted by Crippen LogP contribution is 2.39. The molecule has 1 fully saturated rings. The van der Waals surface area contributed by atoms with E-state index in [1.165, 1.54) is 0 Å². The Labute approximate surface area is 81.9 Å². The second kappa shape index (κ2) is 3.71. The standard InChI is InChI=1S/C7H14F2N2O2S/c1-7(4-10,5-2-3-5)11-14(12,13)6(8)9/h5-6,11H,2-4,10H2,1H3. The molecule has 3 N–H and O–H groups in total. The van der Waals surface area contributed by atoms with Gasteiger partial charge in [-0.3, -0.25) is 0 Å². The predicted octanol–water partition coefficient (Wildman–Crippen LogP) is 0.256. The van der Waals surface area contributed by atoms with E-state index in [0.717, 1.165) is 12.8 Å². The second-order valence-electron chi connectivity index (χ2n) is 3.80. The monoisotopic (exact) mass is 228 g/mol. The second-order valence-corrected chi connectivity index (χ2v) is 5.45. The van der Waals surface area contributed by atoms with Gasteiger partial charge in [-0.2, -0.15) is 8.78 Å². The zero-order valence-electron chi connectivity index (χ0n) is 7.83. The number of nitrogens with one attached hydrogen (secondary N) is 1. The number of hydrogen-bond acceptors (Lipinski definition) is 3. The van der Waals surface area contributed by atoms with E-state index in [1.807, 2.05) is 4.72 Å². The summed E-state index contributed by atoms with van der Waals surface area (Å²) in [6.07, 6.45) is 1.67. The summed E-state index contributed by atoms with van der Waals surface area (Å²) in [5.74, 6) is -3.31. The summed E-state index contributed by atoms with van der Waals surface area (Å²) in [6, 6.07) is 0. The highest BCUT2D eigenvalue weighted by molar-refractivity contribution is 7.89. The van der Waals surface area contributed by atoms with E-state index in [1.54, 1.807) is 6.92 Å².